The second kappa shape index (κ2) is 5.30. The van der Waals surface area contributed by atoms with E-state index in [-0.39, 0.29) is 23.3 Å². The van der Waals surface area contributed by atoms with E-state index in [1.54, 1.807) is 0 Å². The highest BCUT2D eigenvalue weighted by Crippen LogP contribution is 2.13. The van der Waals surface area contributed by atoms with Crippen LogP contribution in [0.2, 0.25) is 0 Å². The Morgan fingerprint density at radius 1 is 1.05 bits per heavy atom. The molecule has 0 spiro atoms. The summed E-state index contributed by atoms with van der Waals surface area (Å²) >= 11 is 0. The Hall–Kier alpha value is -2.69. The number of carboxylic acids is 1. The van der Waals surface area contributed by atoms with Crippen LogP contribution in [0.3, 0.4) is 0 Å². The molecule has 0 amide bonds. The van der Waals surface area contributed by atoms with Gasteiger partial charge in [-0.05, 0) is 42.5 Å². The molecule has 0 saturated heterocycles. The van der Waals surface area contributed by atoms with Gasteiger partial charge in [-0.3, -0.25) is 4.79 Å². The van der Waals surface area contributed by atoms with Crippen LogP contribution in [0.25, 0.3) is 0 Å². The number of ketones is 1. The molecule has 5 nitrogen and oxygen atoms in total. The van der Waals surface area contributed by atoms with Crippen molar-refractivity contribution in [2.24, 2.45) is 0 Å². The van der Waals surface area contributed by atoms with Crippen molar-refractivity contribution in [2.45, 2.75) is 6.42 Å². The number of carbonyl (C=O) groups excluding carboxylic acids is 2. The Labute approximate surface area is 108 Å². The zero-order chi connectivity index (χ0) is 13.8. The van der Waals surface area contributed by atoms with Gasteiger partial charge in [-0.15, -0.1) is 0 Å². The second-order valence-electron chi connectivity index (χ2n) is 3.88. The smallest absolute Gasteiger partial charge is 0.343 e. The lowest BCUT2D eigenvalue weighted by Gasteiger charge is -2.07. The van der Waals surface area contributed by atoms with Gasteiger partial charge in [0.15, 0.2) is 5.78 Å². The molecule has 1 aliphatic rings. The fraction of sp³-hybridized carbons (Fsp3) is 0.0714. The summed E-state index contributed by atoms with van der Waals surface area (Å²) in [4.78, 5) is 33.3. The first-order valence-corrected chi connectivity index (χ1v) is 5.53. The van der Waals surface area contributed by atoms with Gasteiger partial charge in [0.1, 0.15) is 5.76 Å². The summed E-state index contributed by atoms with van der Waals surface area (Å²) in [5.74, 6) is -1.39. The summed E-state index contributed by atoms with van der Waals surface area (Å²) < 4.78 is 5.06. The molecule has 96 valence electrons. The lowest BCUT2D eigenvalue weighted by molar-refractivity contribution is -0.114. The van der Waals surface area contributed by atoms with Crippen LogP contribution in [0.15, 0.2) is 48.3 Å². The Bertz CT molecular complexity index is 593. The van der Waals surface area contributed by atoms with E-state index in [1.807, 2.05) is 0 Å². The standard InChI is InChI=1S/C14H10O5/c15-11-5-7-12(8-6-11)19-14(18)10-3-1-9(2-4-10)13(16)17/h1-5,7-8H,6H2,(H,16,17). The van der Waals surface area contributed by atoms with E-state index in [9.17, 15) is 14.4 Å². The van der Waals surface area contributed by atoms with Gasteiger partial charge in [0.05, 0.1) is 11.1 Å². The SMILES string of the molecule is O=C1C=CC(OC(=O)c2ccc(C(=O)O)cc2)=CC1. The van der Waals surface area contributed by atoms with Crippen molar-refractivity contribution >= 4 is 17.7 Å². The minimum absolute atomic E-state index is 0.0504. The molecule has 0 atom stereocenters. The van der Waals surface area contributed by atoms with Gasteiger partial charge in [-0.25, -0.2) is 9.59 Å². The monoisotopic (exact) mass is 258 g/mol. The number of carbonyl (C=O) groups is 3. The number of benzene rings is 1. The van der Waals surface area contributed by atoms with Gasteiger partial charge in [0.25, 0.3) is 0 Å². The van der Waals surface area contributed by atoms with Crippen LogP contribution >= 0.6 is 0 Å². The van der Waals surface area contributed by atoms with Crippen molar-refractivity contribution in [3.63, 3.8) is 0 Å². The van der Waals surface area contributed by atoms with Crippen LogP contribution in [-0.2, 0) is 9.53 Å². The maximum atomic E-state index is 11.7. The van der Waals surface area contributed by atoms with Crippen LogP contribution in [0.5, 0.6) is 0 Å². The van der Waals surface area contributed by atoms with Gasteiger partial charge >= 0.3 is 11.9 Å². The van der Waals surface area contributed by atoms with E-state index in [0.717, 1.165) is 0 Å². The van der Waals surface area contributed by atoms with Crippen molar-refractivity contribution in [3.05, 3.63) is 59.4 Å². The van der Waals surface area contributed by atoms with E-state index in [2.05, 4.69) is 0 Å². The maximum Gasteiger partial charge on any atom is 0.343 e. The maximum absolute atomic E-state index is 11.7. The highest BCUT2D eigenvalue weighted by atomic mass is 16.5. The fourth-order valence-corrected chi connectivity index (χ4v) is 1.50. The summed E-state index contributed by atoms with van der Waals surface area (Å²) in [6, 6.07) is 5.41. The predicted molar refractivity (Wildman–Crippen MR) is 65.7 cm³/mol. The van der Waals surface area contributed by atoms with Crippen LogP contribution in [0, 0.1) is 0 Å². The van der Waals surface area contributed by atoms with Gasteiger partial charge in [0, 0.05) is 6.42 Å². The van der Waals surface area contributed by atoms with Crippen molar-refractivity contribution < 1.29 is 24.2 Å². The lowest BCUT2D eigenvalue weighted by atomic mass is 10.1. The third kappa shape index (κ3) is 3.16. The number of hydrogen-bond acceptors (Lipinski definition) is 4. The quantitative estimate of drug-likeness (QED) is 0.838. The molecule has 0 radical (unpaired) electrons. The molecular weight excluding hydrogens is 248 g/mol. The third-order valence-electron chi connectivity index (χ3n) is 2.52. The number of carboxylic acid groups (broad SMARTS) is 1. The number of aromatic carboxylic acids is 1. The van der Waals surface area contributed by atoms with Crippen LogP contribution in [-0.4, -0.2) is 22.8 Å². The number of rotatable bonds is 3. The molecule has 2 rings (SSSR count). The molecule has 19 heavy (non-hydrogen) atoms. The van der Waals surface area contributed by atoms with Crippen LogP contribution in [0.4, 0.5) is 0 Å². The fourth-order valence-electron chi connectivity index (χ4n) is 1.50. The molecular formula is C14H10O5. The van der Waals surface area contributed by atoms with Gasteiger partial charge in [-0.2, -0.15) is 0 Å². The molecule has 0 aliphatic heterocycles. The van der Waals surface area contributed by atoms with E-state index in [1.165, 1.54) is 42.5 Å². The minimum Gasteiger partial charge on any atom is -0.478 e. The molecule has 1 aromatic rings. The highest BCUT2D eigenvalue weighted by Gasteiger charge is 2.12. The van der Waals surface area contributed by atoms with E-state index in [0.29, 0.717) is 5.76 Å². The summed E-state index contributed by atoms with van der Waals surface area (Å²) in [7, 11) is 0. The molecule has 0 heterocycles. The second-order valence-corrected chi connectivity index (χ2v) is 3.88. The molecule has 0 bridgehead atoms. The molecule has 1 aromatic carbocycles. The third-order valence-corrected chi connectivity index (χ3v) is 2.52. The van der Waals surface area contributed by atoms with Gasteiger partial charge in [-0.1, -0.05) is 0 Å². The number of allylic oxidation sites excluding steroid dienone is 3. The van der Waals surface area contributed by atoms with Crippen LogP contribution in [0.1, 0.15) is 27.1 Å². The largest absolute Gasteiger partial charge is 0.478 e. The minimum atomic E-state index is -1.06. The topological polar surface area (TPSA) is 80.7 Å². The summed E-state index contributed by atoms with van der Waals surface area (Å²) in [6.07, 6.45) is 4.49. The van der Waals surface area contributed by atoms with E-state index >= 15 is 0 Å². The van der Waals surface area contributed by atoms with Crippen molar-refractivity contribution in [1.29, 1.82) is 0 Å². The van der Waals surface area contributed by atoms with Gasteiger partial charge in [0.2, 0.25) is 0 Å². The summed E-state index contributed by atoms with van der Waals surface area (Å²) in [5.41, 5.74) is 0.343. The van der Waals surface area contributed by atoms with Crippen molar-refractivity contribution in [1.82, 2.24) is 0 Å². The predicted octanol–water partition coefficient (Wildman–Crippen LogP) is 1.95. The highest BCUT2D eigenvalue weighted by molar-refractivity contribution is 5.94. The number of esters is 1. The van der Waals surface area contributed by atoms with Crippen molar-refractivity contribution in [3.8, 4) is 0 Å². The van der Waals surface area contributed by atoms with E-state index < -0.39 is 11.9 Å². The Balaban J connectivity index is 2.06. The average molecular weight is 258 g/mol. The molecule has 1 aliphatic carbocycles. The molecule has 5 heteroatoms. The summed E-state index contributed by atoms with van der Waals surface area (Å²) in [6.45, 7) is 0. The molecule has 0 aromatic heterocycles. The number of hydrogen-bond donors (Lipinski definition) is 1. The average Bonchev–Trinajstić information content (AvgIpc) is 2.41. The Morgan fingerprint density at radius 3 is 2.21 bits per heavy atom. The molecule has 0 fully saturated rings. The van der Waals surface area contributed by atoms with Crippen LogP contribution < -0.4 is 0 Å². The lowest BCUT2D eigenvalue weighted by Crippen LogP contribution is -2.07. The zero-order valence-corrected chi connectivity index (χ0v) is 9.83. The zero-order valence-electron chi connectivity index (χ0n) is 9.83. The normalized spacial score (nSPS) is 13.9. The van der Waals surface area contributed by atoms with Gasteiger partial charge < -0.3 is 9.84 Å². The molecule has 1 N–H and O–H groups in total. The number of ether oxygens (including phenoxy) is 1. The summed E-state index contributed by atoms with van der Waals surface area (Å²) in [5, 5.41) is 8.73. The van der Waals surface area contributed by atoms with E-state index in [4.69, 9.17) is 9.84 Å². The Morgan fingerprint density at radius 2 is 1.68 bits per heavy atom. The first kappa shape index (κ1) is 12.8. The molecule has 0 saturated carbocycles. The van der Waals surface area contributed by atoms with Crippen molar-refractivity contribution in [2.75, 3.05) is 0 Å². The molecule has 0 unspecified atom stereocenters. The first-order chi connectivity index (χ1) is 9.06. The first-order valence-electron chi connectivity index (χ1n) is 5.53. The Kier molecular flexibility index (Phi) is 3.56.